The molecule has 2 aliphatic rings. The summed E-state index contributed by atoms with van der Waals surface area (Å²) in [6.45, 7) is 0.634. The molecular formula is C41H52N6O10. The molecule has 16 nitrogen and oxygen atoms in total. The molecule has 4 amide bonds. The molecule has 306 valence electrons. The van der Waals surface area contributed by atoms with Gasteiger partial charge in [-0.2, -0.15) is 0 Å². The van der Waals surface area contributed by atoms with Crippen molar-refractivity contribution in [3.63, 3.8) is 0 Å². The van der Waals surface area contributed by atoms with Crippen LogP contribution in [0.15, 0.2) is 48.5 Å². The second kappa shape index (κ2) is 20.4. The highest BCUT2D eigenvalue weighted by Gasteiger charge is 2.37. The highest BCUT2D eigenvalue weighted by Crippen LogP contribution is 2.32. The number of H-pyrrole nitrogens is 2. The zero-order valence-corrected chi connectivity index (χ0v) is 32.7. The van der Waals surface area contributed by atoms with Crippen molar-refractivity contribution in [3.05, 3.63) is 71.0 Å². The maximum absolute atomic E-state index is 12.9. The number of aliphatic carboxylic acids is 1. The van der Waals surface area contributed by atoms with Gasteiger partial charge in [0.15, 0.2) is 0 Å². The number of benzene rings is 2. The van der Waals surface area contributed by atoms with E-state index in [2.05, 4.69) is 30.6 Å². The number of carbonyl (C=O) groups excluding carboxylic acids is 5. The third kappa shape index (κ3) is 10.8. The first-order chi connectivity index (χ1) is 27.6. The largest absolute Gasteiger partial charge is 0.480 e. The zero-order valence-electron chi connectivity index (χ0n) is 32.7. The van der Waals surface area contributed by atoms with Crippen LogP contribution in [0.4, 0.5) is 0 Å². The molecule has 0 aliphatic carbocycles. The van der Waals surface area contributed by atoms with E-state index in [0.29, 0.717) is 70.8 Å². The molecule has 0 spiro atoms. The molecule has 4 aromatic rings. The molecular weight excluding hydrogens is 736 g/mol. The van der Waals surface area contributed by atoms with Crippen molar-refractivity contribution in [2.45, 2.75) is 102 Å². The predicted molar refractivity (Wildman–Crippen MR) is 209 cm³/mol. The number of carbonyl (C=O) groups is 6. The molecule has 2 aromatic heterocycles. The van der Waals surface area contributed by atoms with Gasteiger partial charge in [0.25, 0.3) is 0 Å². The summed E-state index contributed by atoms with van der Waals surface area (Å²) in [6.07, 6.45) is 6.09. The van der Waals surface area contributed by atoms with Crippen molar-refractivity contribution in [2.24, 2.45) is 0 Å². The van der Waals surface area contributed by atoms with Crippen molar-refractivity contribution in [3.8, 4) is 0 Å². The number of hydroxylamine groups is 2. The molecule has 57 heavy (non-hydrogen) atoms. The molecule has 6 rings (SSSR count). The van der Waals surface area contributed by atoms with Crippen LogP contribution in [0.1, 0.15) is 86.7 Å². The number of hydrogen-bond acceptors (Lipinski definition) is 9. The van der Waals surface area contributed by atoms with E-state index in [1.165, 1.54) is 26.2 Å². The topological polar surface area (TPSA) is 212 Å². The Hall–Kier alpha value is -5.74. The van der Waals surface area contributed by atoms with Crippen LogP contribution in [-0.2, 0) is 69.1 Å². The molecule has 0 fully saturated rings. The van der Waals surface area contributed by atoms with Crippen LogP contribution < -0.4 is 11.0 Å². The van der Waals surface area contributed by atoms with Gasteiger partial charge in [-0.05, 0) is 48.9 Å². The molecule has 4 heterocycles. The molecule has 5 N–H and O–H groups in total. The van der Waals surface area contributed by atoms with Gasteiger partial charge in [0.05, 0.1) is 34.4 Å². The van der Waals surface area contributed by atoms with E-state index >= 15 is 0 Å². The van der Waals surface area contributed by atoms with Crippen LogP contribution in [0, 0.1) is 0 Å². The SMILES string of the molecule is CONC(=O)CCCCCC(=O)N1Cc2[nH]c3ccccc3c2C[C@@H]1C(=O)O.CONC(=O)CCCCCC(=O)N1Cc2[nH]c3ccccc3c2C[C@@H]1C(=O)OC. The minimum atomic E-state index is -0.986. The minimum absolute atomic E-state index is 0.0777. The molecule has 2 aliphatic heterocycles. The normalized spacial score (nSPS) is 15.9. The average Bonchev–Trinajstić information content (AvgIpc) is 3.77. The Labute approximate surface area is 330 Å². The number of amides is 4. The number of methoxy groups -OCH3 is 1. The zero-order chi connectivity index (χ0) is 40.9. The predicted octanol–water partition coefficient (Wildman–Crippen LogP) is 4.36. The highest BCUT2D eigenvalue weighted by atomic mass is 16.6. The quantitative estimate of drug-likeness (QED) is 0.0615. The van der Waals surface area contributed by atoms with Gasteiger partial charge in [-0.1, -0.05) is 49.2 Å². The van der Waals surface area contributed by atoms with Gasteiger partial charge in [-0.15, -0.1) is 0 Å². The lowest BCUT2D eigenvalue weighted by atomic mass is 9.96. The maximum atomic E-state index is 12.9. The smallest absolute Gasteiger partial charge is 0.328 e. The van der Waals surface area contributed by atoms with Crippen molar-refractivity contribution < 1.29 is 48.3 Å². The number of rotatable bonds is 16. The molecule has 0 saturated carbocycles. The van der Waals surface area contributed by atoms with Crippen LogP contribution in [0.25, 0.3) is 21.8 Å². The minimum Gasteiger partial charge on any atom is -0.480 e. The van der Waals surface area contributed by atoms with E-state index in [1.807, 2.05) is 48.5 Å². The molecule has 0 bridgehead atoms. The fourth-order valence-electron chi connectivity index (χ4n) is 7.60. The lowest BCUT2D eigenvalue weighted by Crippen LogP contribution is -2.49. The number of aromatic nitrogens is 2. The first-order valence-corrected chi connectivity index (χ1v) is 19.3. The summed E-state index contributed by atoms with van der Waals surface area (Å²) in [7, 11) is 4.12. The number of hydrogen-bond donors (Lipinski definition) is 5. The van der Waals surface area contributed by atoms with Crippen LogP contribution in [0.2, 0.25) is 0 Å². The third-order valence-corrected chi connectivity index (χ3v) is 10.4. The monoisotopic (exact) mass is 788 g/mol. The number of nitrogens with one attached hydrogen (secondary N) is 4. The maximum Gasteiger partial charge on any atom is 0.328 e. The number of carboxylic acid groups (broad SMARTS) is 1. The fourth-order valence-corrected chi connectivity index (χ4v) is 7.60. The van der Waals surface area contributed by atoms with Gasteiger partial charge >= 0.3 is 11.9 Å². The van der Waals surface area contributed by atoms with E-state index in [9.17, 15) is 33.9 Å². The number of nitrogens with zero attached hydrogens (tertiary/aromatic N) is 2. The number of fused-ring (bicyclic) bond motifs is 6. The summed E-state index contributed by atoms with van der Waals surface area (Å²) >= 11 is 0. The molecule has 16 heteroatoms. The number of unbranched alkanes of at least 4 members (excludes halogenated alkanes) is 4. The number of aromatic amines is 2. The van der Waals surface area contributed by atoms with Gasteiger partial charge in [-0.25, -0.2) is 20.5 Å². The van der Waals surface area contributed by atoms with Crippen LogP contribution >= 0.6 is 0 Å². The molecule has 0 unspecified atom stereocenters. The summed E-state index contributed by atoms with van der Waals surface area (Å²) in [4.78, 5) is 91.3. The van der Waals surface area contributed by atoms with Gasteiger partial charge in [0, 0.05) is 71.7 Å². The summed E-state index contributed by atoms with van der Waals surface area (Å²) in [5.41, 5.74) is 10.4. The second-order valence-corrected chi connectivity index (χ2v) is 14.2. The summed E-state index contributed by atoms with van der Waals surface area (Å²) < 4.78 is 4.97. The first kappa shape index (κ1) is 42.4. The summed E-state index contributed by atoms with van der Waals surface area (Å²) in [6, 6.07) is 14.2. The van der Waals surface area contributed by atoms with E-state index in [0.717, 1.165) is 50.7 Å². The van der Waals surface area contributed by atoms with E-state index < -0.39 is 24.0 Å². The van der Waals surface area contributed by atoms with Crippen molar-refractivity contribution in [1.29, 1.82) is 0 Å². The van der Waals surface area contributed by atoms with E-state index in [1.54, 1.807) is 4.90 Å². The Bertz CT molecular complexity index is 2060. The molecule has 2 aromatic carbocycles. The standard InChI is InChI=1S/C21H27N3O5.C20H25N3O5/c1-28-21(27)18-12-15-14-8-6-7-9-16(14)22-17(15)13-24(18)20(26)11-5-3-4-10-19(25)23-29-2;1-28-22-18(24)9-3-2-4-10-19(25)23-12-16-14(11-17(23)20(26)27)13-7-5-6-8-15(13)21-16/h6-9,18,22H,3-5,10-13H2,1-2H3,(H,23,25);5-8,17,21H,2-4,9-12H2,1H3,(H,22,24)(H,26,27)/t18-;17-/m11/s1. The highest BCUT2D eigenvalue weighted by molar-refractivity contribution is 5.91. The van der Waals surface area contributed by atoms with Crippen molar-refractivity contribution >= 4 is 57.4 Å². The Morgan fingerprint density at radius 3 is 1.49 bits per heavy atom. The number of esters is 1. The Balaban J connectivity index is 0.000000218. The van der Waals surface area contributed by atoms with Gasteiger partial charge < -0.3 is 29.6 Å². The van der Waals surface area contributed by atoms with Crippen molar-refractivity contribution in [1.82, 2.24) is 30.7 Å². The summed E-state index contributed by atoms with van der Waals surface area (Å²) in [5.74, 6) is -2.00. The number of ether oxygens (including phenoxy) is 1. The van der Waals surface area contributed by atoms with E-state index in [-0.39, 0.29) is 36.6 Å². The Morgan fingerprint density at radius 1 is 0.632 bits per heavy atom. The van der Waals surface area contributed by atoms with Crippen molar-refractivity contribution in [2.75, 3.05) is 21.3 Å². The Morgan fingerprint density at radius 2 is 1.05 bits per heavy atom. The summed E-state index contributed by atoms with van der Waals surface area (Å²) in [5, 5.41) is 11.8. The number of para-hydroxylation sites is 2. The second-order valence-electron chi connectivity index (χ2n) is 14.2. The van der Waals surface area contributed by atoms with Crippen LogP contribution in [0.3, 0.4) is 0 Å². The lowest BCUT2D eigenvalue weighted by molar-refractivity contribution is -0.154. The third-order valence-electron chi connectivity index (χ3n) is 10.4. The first-order valence-electron chi connectivity index (χ1n) is 19.3. The molecule has 0 saturated heterocycles. The van der Waals surface area contributed by atoms with E-state index in [4.69, 9.17) is 4.74 Å². The van der Waals surface area contributed by atoms with Gasteiger partial charge in [-0.3, -0.25) is 28.9 Å². The lowest BCUT2D eigenvalue weighted by Gasteiger charge is -2.34. The average molecular weight is 789 g/mol. The number of carboxylic acids is 1. The van der Waals surface area contributed by atoms with Crippen LogP contribution in [0.5, 0.6) is 0 Å². The van der Waals surface area contributed by atoms with Gasteiger partial charge in [0.1, 0.15) is 12.1 Å². The molecule has 2 atom stereocenters. The van der Waals surface area contributed by atoms with Gasteiger partial charge in [0.2, 0.25) is 23.6 Å². The molecule has 0 radical (unpaired) electrons. The Kier molecular flexibility index (Phi) is 15.2. The fraction of sp³-hybridized carbons (Fsp3) is 0.463. The van der Waals surface area contributed by atoms with Crippen LogP contribution in [-0.4, -0.2) is 93.9 Å².